The van der Waals surface area contributed by atoms with Crippen LogP contribution >= 0.6 is 11.3 Å². The number of ether oxygens (including phenoxy) is 1. The van der Waals surface area contributed by atoms with Gasteiger partial charge in [0.1, 0.15) is 0 Å². The summed E-state index contributed by atoms with van der Waals surface area (Å²) in [5.41, 5.74) is 0.689. The molecule has 0 atom stereocenters. The molecule has 162 valence electrons. The van der Waals surface area contributed by atoms with Crippen LogP contribution in [0.3, 0.4) is 0 Å². The first-order valence-corrected chi connectivity index (χ1v) is 12.2. The maximum absolute atomic E-state index is 13.0. The predicted molar refractivity (Wildman–Crippen MR) is 115 cm³/mol. The number of piperidine rings is 1. The van der Waals surface area contributed by atoms with Gasteiger partial charge in [0, 0.05) is 25.0 Å². The van der Waals surface area contributed by atoms with Crippen molar-refractivity contribution in [3.05, 3.63) is 51.7 Å². The maximum Gasteiger partial charge on any atom is 0.338 e. The minimum Gasteiger partial charge on any atom is -0.452 e. The molecule has 1 aliphatic rings. The number of carbonyl (C=O) groups excluding carboxylic acids is 2. The molecule has 2 heterocycles. The fourth-order valence-corrected chi connectivity index (χ4v) is 5.82. The van der Waals surface area contributed by atoms with Crippen LogP contribution in [0.25, 0.3) is 0 Å². The average Bonchev–Trinajstić information content (AvgIpc) is 3.25. The zero-order valence-electron chi connectivity index (χ0n) is 17.2. The molecule has 3 rings (SSSR count). The standard InChI is InChI=1S/C21H26N2O5S2/c1-16-8-9-17(13-19(16)30(26,27)23-10-4-3-5-11-23)21(25)28-15-20(24)22(2)14-18-7-6-12-29-18/h6-9,12-13H,3-5,10-11,14-15H2,1-2H3. The van der Waals surface area contributed by atoms with Gasteiger partial charge in [-0.1, -0.05) is 18.6 Å². The van der Waals surface area contributed by atoms with Gasteiger partial charge in [0.05, 0.1) is 17.0 Å². The van der Waals surface area contributed by atoms with Gasteiger partial charge >= 0.3 is 5.97 Å². The second-order valence-electron chi connectivity index (χ2n) is 7.35. The van der Waals surface area contributed by atoms with E-state index in [1.54, 1.807) is 31.4 Å². The van der Waals surface area contributed by atoms with Crippen LogP contribution < -0.4 is 0 Å². The van der Waals surface area contributed by atoms with Gasteiger partial charge in [-0.15, -0.1) is 11.3 Å². The van der Waals surface area contributed by atoms with E-state index in [9.17, 15) is 18.0 Å². The van der Waals surface area contributed by atoms with Gasteiger partial charge in [-0.2, -0.15) is 4.31 Å². The maximum atomic E-state index is 13.0. The number of hydrogen-bond donors (Lipinski definition) is 0. The van der Waals surface area contributed by atoms with E-state index in [-0.39, 0.29) is 16.4 Å². The second kappa shape index (κ2) is 9.72. The lowest BCUT2D eigenvalue weighted by molar-refractivity contribution is -0.133. The van der Waals surface area contributed by atoms with Gasteiger partial charge in [0.15, 0.2) is 6.61 Å². The van der Waals surface area contributed by atoms with E-state index in [0.717, 1.165) is 24.1 Å². The van der Waals surface area contributed by atoms with E-state index >= 15 is 0 Å². The Morgan fingerprint density at radius 2 is 1.90 bits per heavy atom. The number of benzene rings is 1. The lowest BCUT2D eigenvalue weighted by Gasteiger charge is -2.26. The summed E-state index contributed by atoms with van der Waals surface area (Å²) in [6.07, 6.45) is 2.69. The van der Waals surface area contributed by atoms with Crippen LogP contribution in [0.5, 0.6) is 0 Å². The third-order valence-electron chi connectivity index (χ3n) is 5.08. The van der Waals surface area contributed by atoms with Crippen LogP contribution in [0.15, 0.2) is 40.6 Å². The fourth-order valence-electron chi connectivity index (χ4n) is 3.29. The summed E-state index contributed by atoms with van der Waals surface area (Å²) in [5.74, 6) is -1.05. The molecule has 0 unspecified atom stereocenters. The highest BCUT2D eigenvalue weighted by Gasteiger charge is 2.28. The highest BCUT2D eigenvalue weighted by molar-refractivity contribution is 7.89. The summed E-state index contributed by atoms with van der Waals surface area (Å²) < 4.78 is 32.6. The van der Waals surface area contributed by atoms with Gasteiger partial charge in [-0.05, 0) is 48.9 Å². The van der Waals surface area contributed by atoms with Crippen LogP contribution in [0.2, 0.25) is 0 Å². The van der Waals surface area contributed by atoms with Gasteiger partial charge in [-0.25, -0.2) is 13.2 Å². The summed E-state index contributed by atoms with van der Waals surface area (Å²) >= 11 is 1.54. The molecule has 1 fully saturated rings. The van der Waals surface area contributed by atoms with Crippen molar-refractivity contribution in [3.63, 3.8) is 0 Å². The number of thiophene rings is 1. The number of amides is 1. The molecule has 0 spiro atoms. The summed E-state index contributed by atoms with van der Waals surface area (Å²) in [4.78, 5) is 27.3. The number of hydrogen-bond acceptors (Lipinski definition) is 6. The molecule has 1 aliphatic heterocycles. The zero-order chi connectivity index (χ0) is 21.7. The number of rotatable bonds is 7. The molecular weight excluding hydrogens is 424 g/mol. The van der Waals surface area contributed by atoms with Crippen molar-refractivity contribution in [2.75, 3.05) is 26.7 Å². The number of aryl methyl sites for hydroxylation is 1. The molecule has 2 aromatic rings. The first kappa shape index (κ1) is 22.5. The quantitative estimate of drug-likeness (QED) is 0.606. The molecule has 7 nitrogen and oxygen atoms in total. The largest absolute Gasteiger partial charge is 0.452 e. The monoisotopic (exact) mass is 450 g/mol. The van der Waals surface area contributed by atoms with Crippen molar-refractivity contribution >= 4 is 33.2 Å². The molecule has 30 heavy (non-hydrogen) atoms. The highest BCUT2D eigenvalue weighted by atomic mass is 32.2. The minimum atomic E-state index is -3.67. The molecule has 0 N–H and O–H groups in total. The van der Waals surface area contributed by atoms with Crippen molar-refractivity contribution in [1.29, 1.82) is 0 Å². The predicted octanol–water partition coefficient (Wildman–Crippen LogP) is 3.05. The lowest BCUT2D eigenvalue weighted by atomic mass is 10.1. The molecule has 0 aliphatic carbocycles. The Morgan fingerprint density at radius 3 is 2.57 bits per heavy atom. The molecule has 9 heteroatoms. The smallest absolute Gasteiger partial charge is 0.338 e. The van der Waals surface area contributed by atoms with Crippen LogP contribution in [0.1, 0.15) is 40.1 Å². The molecule has 1 aromatic carbocycles. The van der Waals surface area contributed by atoms with Gasteiger partial charge in [0.2, 0.25) is 10.0 Å². The third kappa shape index (κ3) is 5.27. The topological polar surface area (TPSA) is 84.0 Å². The van der Waals surface area contributed by atoms with E-state index in [2.05, 4.69) is 0 Å². The normalized spacial score (nSPS) is 15.0. The van der Waals surface area contributed by atoms with Crippen molar-refractivity contribution in [1.82, 2.24) is 9.21 Å². The number of esters is 1. The highest BCUT2D eigenvalue weighted by Crippen LogP contribution is 2.24. The summed E-state index contributed by atoms with van der Waals surface area (Å²) in [5, 5.41) is 1.93. The molecular formula is C21H26N2O5S2. The fraction of sp³-hybridized carbons (Fsp3) is 0.429. The number of likely N-dealkylation sites (N-methyl/N-ethyl adjacent to an activating group) is 1. The van der Waals surface area contributed by atoms with Crippen LogP contribution in [0.4, 0.5) is 0 Å². The Hall–Kier alpha value is -2.23. The summed E-state index contributed by atoms with van der Waals surface area (Å²) in [6.45, 7) is 2.72. The van der Waals surface area contributed by atoms with E-state index in [4.69, 9.17) is 4.74 Å². The zero-order valence-corrected chi connectivity index (χ0v) is 18.8. The van der Waals surface area contributed by atoms with Crippen molar-refractivity contribution in [2.24, 2.45) is 0 Å². The second-order valence-corrected chi connectivity index (χ2v) is 10.3. The molecule has 0 bridgehead atoms. The van der Waals surface area contributed by atoms with Crippen molar-refractivity contribution < 1.29 is 22.7 Å². The number of sulfonamides is 1. The Bertz CT molecular complexity index is 996. The first-order valence-electron chi connectivity index (χ1n) is 9.83. The van der Waals surface area contributed by atoms with Crippen LogP contribution in [-0.2, 0) is 26.1 Å². The lowest BCUT2D eigenvalue weighted by Crippen LogP contribution is -2.36. The molecule has 1 amide bonds. The Kier molecular flexibility index (Phi) is 7.27. The van der Waals surface area contributed by atoms with Gasteiger partial charge in [-0.3, -0.25) is 4.79 Å². The number of carbonyl (C=O) groups is 2. The van der Waals surface area contributed by atoms with Crippen molar-refractivity contribution in [2.45, 2.75) is 37.6 Å². The third-order valence-corrected chi connectivity index (χ3v) is 7.98. The summed E-state index contributed by atoms with van der Waals surface area (Å²) in [6, 6.07) is 8.30. The first-order chi connectivity index (χ1) is 14.3. The van der Waals surface area contributed by atoms with E-state index < -0.39 is 22.6 Å². The van der Waals surface area contributed by atoms with E-state index in [1.165, 1.54) is 21.3 Å². The van der Waals surface area contributed by atoms with Gasteiger partial charge in [0.25, 0.3) is 5.91 Å². The van der Waals surface area contributed by atoms with E-state index in [0.29, 0.717) is 25.2 Å². The minimum absolute atomic E-state index is 0.111. The Balaban J connectivity index is 1.66. The van der Waals surface area contributed by atoms with Gasteiger partial charge < -0.3 is 9.64 Å². The van der Waals surface area contributed by atoms with Crippen LogP contribution in [-0.4, -0.2) is 56.2 Å². The molecule has 1 saturated heterocycles. The molecule has 0 radical (unpaired) electrons. The van der Waals surface area contributed by atoms with Crippen LogP contribution in [0, 0.1) is 6.92 Å². The molecule has 0 saturated carbocycles. The SMILES string of the molecule is Cc1ccc(C(=O)OCC(=O)N(C)Cc2cccs2)cc1S(=O)(=O)N1CCCCC1. The Labute approximate surface area is 181 Å². The summed E-state index contributed by atoms with van der Waals surface area (Å²) in [7, 11) is -2.03. The molecule has 1 aromatic heterocycles. The Morgan fingerprint density at radius 1 is 1.17 bits per heavy atom. The van der Waals surface area contributed by atoms with Crippen molar-refractivity contribution in [3.8, 4) is 0 Å². The van der Waals surface area contributed by atoms with E-state index in [1.807, 2.05) is 17.5 Å². The average molecular weight is 451 g/mol. The number of nitrogens with zero attached hydrogens (tertiary/aromatic N) is 2.